The van der Waals surface area contributed by atoms with E-state index >= 15 is 0 Å². The molecule has 0 aliphatic rings. The standard InChI is InChI=1S/C19H22N4/c1-15-6-4-5-7-18(15)23-14-16(13-22-23)12-21-19(2,3)17-8-10-20-11-9-17/h4-11,13-14,21H,12H2,1-3H3. The lowest BCUT2D eigenvalue weighted by molar-refractivity contribution is 0.401. The molecule has 0 saturated heterocycles. The van der Waals surface area contributed by atoms with E-state index in [0.717, 1.165) is 17.8 Å². The fraction of sp³-hybridized carbons (Fsp3) is 0.263. The third kappa shape index (κ3) is 3.48. The molecule has 0 radical (unpaired) electrons. The van der Waals surface area contributed by atoms with Gasteiger partial charge in [0.2, 0.25) is 0 Å². The Morgan fingerprint density at radius 3 is 2.57 bits per heavy atom. The lowest BCUT2D eigenvalue weighted by Gasteiger charge is -2.26. The molecule has 3 aromatic rings. The van der Waals surface area contributed by atoms with Gasteiger partial charge in [-0.25, -0.2) is 4.68 Å². The van der Waals surface area contributed by atoms with Crippen LogP contribution in [0.4, 0.5) is 0 Å². The first-order chi connectivity index (χ1) is 11.1. The first-order valence-electron chi connectivity index (χ1n) is 7.81. The minimum absolute atomic E-state index is 0.117. The van der Waals surface area contributed by atoms with E-state index in [1.165, 1.54) is 11.1 Å². The summed E-state index contributed by atoms with van der Waals surface area (Å²) in [5, 5.41) is 8.08. The molecule has 0 amide bonds. The van der Waals surface area contributed by atoms with Crippen molar-refractivity contribution in [2.75, 3.05) is 0 Å². The van der Waals surface area contributed by atoms with E-state index in [9.17, 15) is 0 Å². The molecule has 118 valence electrons. The SMILES string of the molecule is Cc1ccccc1-n1cc(CNC(C)(C)c2ccncc2)cn1. The second-order valence-corrected chi connectivity index (χ2v) is 6.29. The first-order valence-corrected chi connectivity index (χ1v) is 7.81. The predicted octanol–water partition coefficient (Wildman–Crippen LogP) is 3.60. The number of aromatic nitrogens is 3. The number of rotatable bonds is 5. The Balaban J connectivity index is 1.72. The summed E-state index contributed by atoms with van der Waals surface area (Å²) in [6.07, 6.45) is 7.66. The van der Waals surface area contributed by atoms with Crippen LogP contribution in [0.3, 0.4) is 0 Å². The van der Waals surface area contributed by atoms with Crippen LogP contribution in [0.2, 0.25) is 0 Å². The van der Waals surface area contributed by atoms with Crippen LogP contribution in [0.1, 0.15) is 30.5 Å². The lowest BCUT2D eigenvalue weighted by atomic mass is 9.95. The highest BCUT2D eigenvalue weighted by Gasteiger charge is 2.19. The molecule has 4 heteroatoms. The fourth-order valence-electron chi connectivity index (χ4n) is 2.60. The maximum atomic E-state index is 4.49. The molecule has 0 aliphatic carbocycles. The van der Waals surface area contributed by atoms with Crippen LogP contribution in [0.15, 0.2) is 61.2 Å². The Bertz CT molecular complexity index is 775. The van der Waals surface area contributed by atoms with Gasteiger partial charge in [-0.2, -0.15) is 5.10 Å². The highest BCUT2D eigenvalue weighted by molar-refractivity contribution is 5.39. The minimum atomic E-state index is -0.117. The van der Waals surface area contributed by atoms with Gasteiger partial charge in [0.1, 0.15) is 0 Å². The summed E-state index contributed by atoms with van der Waals surface area (Å²) in [5.41, 5.74) is 4.60. The summed E-state index contributed by atoms with van der Waals surface area (Å²) in [7, 11) is 0. The zero-order valence-electron chi connectivity index (χ0n) is 13.8. The zero-order chi connectivity index (χ0) is 16.3. The molecule has 23 heavy (non-hydrogen) atoms. The van der Waals surface area contributed by atoms with Gasteiger partial charge in [0.05, 0.1) is 11.9 Å². The van der Waals surface area contributed by atoms with Gasteiger partial charge >= 0.3 is 0 Å². The quantitative estimate of drug-likeness (QED) is 0.783. The molecule has 0 bridgehead atoms. The molecule has 2 aromatic heterocycles. The van der Waals surface area contributed by atoms with Crippen molar-refractivity contribution >= 4 is 0 Å². The summed E-state index contributed by atoms with van der Waals surface area (Å²) in [6, 6.07) is 12.4. The third-order valence-electron chi connectivity index (χ3n) is 4.13. The average molecular weight is 306 g/mol. The van der Waals surface area contributed by atoms with Gasteiger partial charge in [-0.15, -0.1) is 0 Å². The average Bonchev–Trinajstić information content (AvgIpc) is 3.03. The van der Waals surface area contributed by atoms with Crippen molar-refractivity contribution in [2.24, 2.45) is 0 Å². The van der Waals surface area contributed by atoms with Crippen LogP contribution in [0.5, 0.6) is 0 Å². The summed E-state index contributed by atoms with van der Waals surface area (Å²) < 4.78 is 1.94. The van der Waals surface area contributed by atoms with E-state index in [4.69, 9.17) is 0 Å². The molecular weight excluding hydrogens is 284 g/mol. The summed E-state index contributed by atoms with van der Waals surface area (Å²) >= 11 is 0. The van der Waals surface area contributed by atoms with Gasteiger partial charge in [-0.1, -0.05) is 18.2 Å². The first kappa shape index (κ1) is 15.4. The van der Waals surface area contributed by atoms with E-state index in [1.807, 2.05) is 47.5 Å². The molecule has 0 spiro atoms. The van der Waals surface area contributed by atoms with Gasteiger partial charge in [0.15, 0.2) is 0 Å². The summed E-state index contributed by atoms with van der Waals surface area (Å²) in [5.74, 6) is 0. The molecule has 0 aliphatic heterocycles. The molecule has 4 nitrogen and oxygen atoms in total. The number of benzene rings is 1. The van der Waals surface area contributed by atoms with Gasteiger partial charge in [0, 0.05) is 36.2 Å². The zero-order valence-corrected chi connectivity index (χ0v) is 13.8. The second-order valence-electron chi connectivity index (χ2n) is 6.29. The van der Waals surface area contributed by atoms with Gasteiger partial charge < -0.3 is 5.32 Å². The van der Waals surface area contributed by atoms with Gasteiger partial charge in [-0.05, 0) is 50.1 Å². The number of pyridine rings is 1. The lowest BCUT2D eigenvalue weighted by Crippen LogP contribution is -2.35. The van der Waals surface area contributed by atoms with E-state index in [2.05, 4.69) is 54.5 Å². The maximum Gasteiger partial charge on any atom is 0.0674 e. The van der Waals surface area contributed by atoms with Crippen LogP contribution >= 0.6 is 0 Å². The Labute approximate surface area is 137 Å². The molecule has 0 fully saturated rings. The molecule has 2 heterocycles. The Hall–Kier alpha value is -2.46. The van der Waals surface area contributed by atoms with Crippen molar-refractivity contribution in [3.8, 4) is 5.69 Å². The van der Waals surface area contributed by atoms with Crippen molar-refractivity contribution in [1.29, 1.82) is 0 Å². The number of para-hydroxylation sites is 1. The number of nitrogens with zero attached hydrogens (tertiary/aromatic N) is 3. The number of hydrogen-bond acceptors (Lipinski definition) is 3. The number of hydrogen-bond donors (Lipinski definition) is 1. The van der Waals surface area contributed by atoms with Gasteiger partial charge in [-0.3, -0.25) is 4.98 Å². The molecular formula is C19H22N4. The largest absolute Gasteiger partial charge is 0.304 e. The van der Waals surface area contributed by atoms with Crippen molar-refractivity contribution in [1.82, 2.24) is 20.1 Å². The minimum Gasteiger partial charge on any atom is -0.304 e. The van der Waals surface area contributed by atoms with Crippen LogP contribution in [-0.4, -0.2) is 14.8 Å². The smallest absolute Gasteiger partial charge is 0.0674 e. The fourth-order valence-corrected chi connectivity index (χ4v) is 2.60. The van der Waals surface area contributed by atoms with Crippen LogP contribution in [0, 0.1) is 6.92 Å². The monoisotopic (exact) mass is 306 g/mol. The summed E-state index contributed by atoms with van der Waals surface area (Å²) in [6.45, 7) is 7.21. The molecule has 0 unspecified atom stereocenters. The van der Waals surface area contributed by atoms with E-state index in [0.29, 0.717) is 0 Å². The topological polar surface area (TPSA) is 42.7 Å². The van der Waals surface area contributed by atoms with E-state index < -0.39 is 0 Å². The molecule has 0 saturated carbocycles. The van der Waals surface area contributed by atoms with Crippen molar-refractivity contribution < 1.29 is 0 Å². The van der Waals surface area contributed by atoms with Crippen LogP contribution in [-0.2, 0) is 12.1 Å². The second kappa shape index (κ2) is 6.34. The summed E-state index contributed by atoms with van der Waals surface area (Å²) in [4.78, 5) is 4.08. The highest BCUT2D eigenvalue weighted by Crippen LogP contribution is 2.20. The van der Waals surface area contributed by atoms with E-state index in [-0.39, 0.29) is 5.54 Å². The highest BCUT2D eigenvalue weighted by atomic mass is 15.3. The van der Waals surface area contributed by atoms with Crippen molar-refractivity contribution in [3.63, 3.8) is 0 Å². The Morgan fingerprint density at radius 1 is 1.09 bits per heavy atom. The third-order valence-corrected chi connectivity index (χ3v) is 4.13. The Morgan fingerprint density at radius 2 is 1.83 bits per heavy atom. The van der Waals surface area contributed by atoms with Crippen molar-refractivity contribution in [2.45, 2.75) is 32.9 Å². The van der Waals surface area contributed by atoms with Gasteiger partial charge in [0.25, 0.3) is 0 Å². The number of aryl methyl sites for hydroxylation is 1. The predicted molar refractivity (Wildman–Crippen MR) is 92.4 cm³/mol. The molecule has 1 N–H and O–H groups in total. The molecule has 0 atom stereocenters. The molecule has 3 rings (SSSR count). The molecule has 1 aromatic carbocycles. The van der Waals surface area contributed by atoms with E-state index in [1.54, 1.807) is 0 Å². The number of nitrogens with one attached hydrogen (secondary N) is 1. The van der Waals surface area contributed by atoms with Crippen molar-refractivity contribution in [3.05, 3.63) is 77.9 Å². The van der Waals surface area contributed by atoms with Crippen LogP contribution < -0.4 is 5.32 Å². The maximum absolute atomic E-state index is 4.49. The normalized spacial score (nSPS) is 11.6. The van der Waals surface area contributed by atoms with Crippen LogP contribution in [0.25, 0.3) is 5.69 Å². The Kier molecular flexibility index (Phi) is 4.26.